The molecule has 9 heavy (non-hydrogen) atoms. The van der Waals surface area contributed by atoms with Crippen LogP contribution in [0.1, 0.15) is 12.8 Å². The first-order valence-electron chi connectivity index (χ1n) is 3.02. The lowest BCUT2D eigenvalue weighted by molar-refractivity contribution is -0.00392. The molecular weight excluding hydrogens is 118 g/mol. The van der Waals surface area contributed by atoms with Gasteiger partial charge in [-0.05, 0) is 19.9 Å². The molecule has 0 spiro atoms. The Morgan fingerprint density at radius 3 is 2.67 bits per heavy atom. The third kappa shape index (κ3) is 0.976. The molecule has 1 radical (unpaired) electrons. The molecule has 3 heteroatoms. The zero-order valence-corrected chi connectivity index (χ0v) is 5.42. The maximum absolute atomic E-state index is 10.1. The molecule has 3 nitrogen and oxygen atoms in total. The van der Waals surface area contributed by atoms with Crippen LogP contribution >= 0.6 is 0 Å². The molecule has 0 amide bonds. The van der Waals surface area contributed by atoms with E-state index in [0.29, 0.717) is 6.42 Å². The Morgan fingerprint density at radius 1 is 1.78 bits per heavy atom. The zero-order chi connectivity index (χ0) is 6.91. The molecule has 1 rings (SSSR count). The first-order valence-corrected chi connectivity index (χ1v) is 3.02. The maximum Gasteiger partial charge on any atom is 0.249 e. The van der Waals surface area contributed by atoms with Crippen molar-refractivity contribution < 1.29 is 9.90 Å². The van der Waals surface area contributed by atoms with Crippen LogP contribution in [0.25, 0.3) is 0 Å². The van der Waals surface area contributed by atoms with Crippen LogP contribution in [0, 0.1) is 0 Å². The number of nitrogens with zero attached hydrogens (tertiary/aromatic N) is 1. The van der Waals surface area contributed by atoms with Gasteiger partial charge in [0.15, 0.2) is 5.72 Å². The van der Waals surface area contributed by atoms with Crippen LogP contribution in [0.5, 0.6) is 0 Å². The van der Waals surface area contributed by atoms with Crippen molar-refractivity contribution in [2.75, 3.05) is 13.6 Å². The van der Waals surface area contributed by atoms with Crippen molar-refractivity contribution in [3.8, 4) is 0 Å². The number of rotatable bonds is 1. The molecule has 0 aliphatic carbocycles. The molecule has 1 atom stereocenters. The highest BCUT2D eigenvalue weighted by molar-refractivity contribution is 5.62. The van der Waals surface area contributed by atoms with Gasteiger partial charge in [0.05, 0.1) is 0 Å². The molecule has 0 saturated carbocycles. The smallest absolute Gasteiger partial charge is 0.249 e. The second kappa shape index (κ2) is 2.08. The number of likely N-dealkylation sites (N-methyl/N-ethyl adjacent to an activating group) is 1. The van der Waals surface area contributed by atoms with E-state index in [4.69, 9.17) is 0 Å². The van der Waals surface area contributed by atoms with Crippen molar-refractivity contribution in [1.82, 2.24) is 4.90 Å². The normalized spacial score (nSPS) is 37.1. The fourth-order valence-electron chi connectivity index (χ4n) is 1.07. The molecular formula is C6H10NO2. The lowest BCUT2D eigenvalue weighted by Crippen LogP contribution is -2.42. The lowest BCUT2D eigenvalue weighted by Gasteiger charge is -2.22. The Balaban J connectivity index is 2.66. The van der Waals surface area contributed by atoms with E-state index in [1.54, 1.807) is 18.2 Å². The van der Waals surface area contributed by atoms with Crippen LogP contribution in [0.4, 0.5) is 0 Å². The zero-order valence-electron chi connectivity index (χ0n) is 5.42. The van der Waals surface area contributed by atoms with Crippen LogP contribution in [-0.4, -0.2) is 35.6 Å². The summed E-state index contributed by atoms with van der Waals surface area (Å²) in [5.41, 5.74) is -1.28. The van der Waals surface area contributed by atoms with E-state index in [-0.39, 0.29) is 0 Å². The second-order valence-electron chi connectivity index (χ2n) is 2.44. The standard InChI is InChI=1S/C6H10NO2/c1-7-4-2-3-6(7,9)5-8/h9H,2-4H2,1H3. The predicted molar refractivity (Wildman–Crippen MR) is 32.5 cm³/mol. The van der Waals surface area contributed by atoms with E-state index in [9.17, 15) is 9.90 Å². The van der Waals surface area contributed by atoms with E-state index >= 15 is 0 Å². The van der Waals surface area contributed by atoms with Gasteiger partial charge >= 0.3 is 0 Å². The summed E-state index contributed by atoms with van der Waals surface area (Å²) in [5, 5.41) is 9.27. The van der Waals surface area contributed by atoms with Crippen molar-refractivity contribution in [3.05, 3.63) is 0 Å². The summed E-state index contributed by atoms with van der Waals surface area (Å²) in [6.45, 7) is 0.783. The summed E-state index contributed by atoms with van der Waals surface area (Å²) in [7, 11) is 1.72. The molecule has 51 valence electrons. The molecule has 0 bridgehead atoms. The highest BCUT2D eigenvalue weighted by Gasteiger charge is 2.36. The average molecular weight is 128 g/mol. The molecule has 1 unspecified atom stereocenters. The molecule has 0 aromatic rings. The molecule has 1 saturated heterocycles. The summed E-state index contributed by atoms with van der Waals surface area (Å²) >= 11 is 0. The molecule has 1 N–H and O–H groups in total. The predicted octanol–water partition coefficient (Wildman–Crippen LogP) is -0.490. The van der Waals surface area contributed by atoms with Crippen LogP contribution in [-0.2, 0) is 4.79 Å². The van der Waals surface area contributed by atoms with E-state index in [0.717, 1.165) is 13.0 Å². The number of hydrogen-bond acceptors (Lipinski definition) is 3. The fourth-order valence-corrected chi connectivity index (χ4v) is 1.07. The van der Waals surface area contributed by atoms with Gasteiger partial charge in [0.2, 0.25) is 6.29 Å². The maximum atomic E-state index is 10.1. The minimum absolute atomic E-state index is 0.521. The van der Waals surface area contributed by atoms with Gasteiger partial charge in [0.25, 0.3) is 0 Å². The molecule has 1 aliphatic heterocycles. The number of aliphatic hydroxyl groups is 1. The van der Waals surface area contributed by atoms with Crippen molar-refractivity contribution in [2.24, 2.45) is 0 Å². The van der Waals surface area contributed by atoms with E-state index in [1.807, 2.05) is 0 Å². The third-order valence-corrected chi connectivity index (χ3v) is 1.81. The highest BCUT2D eigenvalue weighted by Crippen LogP contribution is 2.21. The van der Waals surface area contributed by atoms with Crippen molar-refractivity contribution in [3.63, 3.8) is 0 Å². The lowest BCUT2D eigenvalue weighted by atomic mass is 10.2. The van der Waals surface area contributed by atoms with E-state index < -0.39 is 5.72 Å². The molecule has 1 fully saturated rings. The van der Waals surface area contributed by atoms with Gasteiger partial charge in [-0.3, -0.25) is 9.69 Å². The van der Waals surface area contributed by atoms with Gasteiger partial charge in [0.1, 0.15) is 0 Å². The number of hydrogen-bond donors (Lipinski definition) is 1. The van der Waals surface area contributed by atoms with Gasteiger partial charge in [0, 0.05) is 6.54 Å². The summed E-state index contributed by atoms with van der Waals surface area (Å²) < 4.78 is 0. The van der Waals surface area contributed by atoms with Gasteiger partial charge in [-0.15, -0.1) is 0 Å². The van der Waals surface area contributed by atoms with E-state index in [2.05, 4.69) is 0 Å². The SMILES string of the molecule is CN1CCCC1(O)[C]=O. The summed E-state index contributed by atoms with van der Waals surface area (Å²) in [6.07, 6.45) is 3.02. The Hall–Kier alpha value is -0.410. The monoisotopic (exact) mass is 128 g/mol. The Bertz CT molecular complexity index is 126. The van der Waals surface area contributed by atoms with Crippen molar-refractivity contribution in [1.29, 1.82) is 0 Å². The Morgan fingerprint density at radius 2 is 2.44 bits per heavy atom. The Labute approximate surface area is 54.3 Å². The molecule has 1 aliphatic rings. The quantitative estimate of drug-likeness (QED) is 0.518. The van der Waals surface area contributed by atoms with Crippen LogP contribution in [0.3, 0.4) is 0 Å². The van der Waals surface area contributed by atoms with Gasteiger partial charge in [-0.25, -0.2) is 0 Å². The van der Waals surface area contributed by atoms with Crippen molar-refractivity contribution >= 4 is 6.29 Å². The Kier molecular flexibility index (Phi) is 1.55. The summed E-state index contributed by atoms with van der Waals surface area (Å²) in [5.74, 6) is 0. The van der Waals surface area contributed by atoms with Gasteiger partial charge < -0.3 is 5.11 Å². The first kappa shape index (κ1) is 6.71. The molecule has 1 heterocycles. The number of carbonyl (C=O) groups excluding carboxylic acids is 1. The minimum atomic E-state index is -1.28. The summed E-state index contributed by atoms with van der Waals surface area (Å²) in [4.78, 5) is 11.7. The average Bonchev–Trinajstić information content (AvgIpc) is 2.15. The molecule has 0 aromatic heterocycles. The van der Waals surface area contributed by atoms with Crippen LogP contribution in [0.2, 0.25) is 0 Å². The van der Waals surface area contributed by atoms with Crippen LogP contribution < -0.4 is 0 Å². The largest absolute Gasteiger partial charge is 0.368 e. The second-order valence-corrected chi connectivity index (χ2v) is 2.44. The highest BCUT2D eigenvalue weighted by atomic mass is 16.3. The summed E-state index contributed by atoms with van der Waals surface area (Å²) in [6, 6.07) is 0. The topological polar surface area (TPSA) is 40.5 Å². The first-order chi connectivity index (χ1) is 4.19. The van der Waals surface area contributed by atoms with Gasteiger partial charge in [-0.1, -0.05) is 0 Å². The minimum Gasteiger partial charge on any atom is -0.368 e. The van der Waals surface area contributed by atoms with Gasteiger partial charge in [-0.2, -0.15) is 0 Å². The van der Waals surface area contributed by atoms with Crippen LogP contribution in [0.15, 0.2) is 0 Å². The number of likely N-dealkylation sites (tertiary alicyclic amines) is 1. The fraction of sp³-hybridized carbons (Fsp3) is 0.833. The third-order valence-electron chi connectivity index (χ3n) is 1.81. The van der Waals surface area contributed by atoms with Crippen molar-refractivity contribution in [2.45, 2.75) is 18.6 Å². The molecule has 0 aromatic carbocycles. The van der Waals surface area contributed by atoms with E-state index in [1.165, 1.54) is 0 Å².